The lowest BCUT2D eigenvalue weighted by Crippen LogP contribution is -2.49. The van der Waals surface area contributed by atoms with Crippen molar-refractivity contribution in [2.45, 2.75) is 12.5 Å². The molecule has 0 spiro atoms. The molecular weight excluding hydrogens is 216 g/mol. The number of rotatable bonds is 2. The van der Waals surface area contributed by atoms with E-state index in [-0.39, 0.29) is 5.78 Å². The van der Waals surface area contributed by atoms with Crippen LogP contribution >= 0.6 is 0 Å². The summed E-state index contributed by atoms with van der Waals surface area (Å²) in [5, 5.41) is 10.7. The fourth-order valence-electron chi connectivity index (χ4n) is 2.19. The molecule has 5 radical (unpaired) electrons. The molecule has 2 atom stereocenters. The molecule has 2 aliphatic rings. The summed E-state index contributed by atoms with van der Waals surface area (Å²) in [6.07, 6.45) is 11.8. The molecule has 3 nitrogen and oxygen atoms in total. The van der Waals surface area contributed by atoms with Crippen LogP contribution < -0.4 is 0 Å². The molecule has 1 saturated carbocycles. The highest BCUT2D eigenvalue weighted by Crippen LogP contribution is 2.42. The van der Waals surface area contributed by atoms with E-state index in [0.717, 1.165) is 0 Å². The zero-order valence-corrected chi connectivity index (χ0v) is 9.88. The van der Waals surface area contributed by atoms with E-state index in [4.69, 9.17) is 4.74 Å². The first-order chi connectivity index (χ1) is 8.10. The van der Waals surface area contributed by atoms with Gasteiger partial charge in [-0.3, -0.25) is 4.79 Å². The summed E-state index contributed by atoms with van der Waals surface area (Å²) < 4.78 is 5.22. The van der Waals surface area contributed by atoms with Gasteiger partial charge in [0, 0.05) is 5.92 Å². The van der Waals surface area contributed by atoms with E-state index in [2.05, 4.69) is 0 Å². The van der Waals surface area contributed by atoms with Crippen molar-refractivity contribution >= 4 is 5.78 Å². The molecule has 2 unspecified atom stereocenters. The first kappa shape index (κ1) is 12.4. The Balaban J connectivity index is 2.37. The van der Waals surface area contributed by atoms with Crippen LogP contribution in [0, 0.1) is 37.5 Å². The Morgan fingerprint density at radius 1 is 1.35 bits per heavy atom. The lowest BCUT2D eigenvalue weighted by molar-refractivity contribution is -0.134. The largest absolute Gasteiger partial charge is 0.501 e. The number of carbonyl (C=O) groups is 1. The summed E-state index contributed by atoms with van der Waals surface area (Å²) in [7, 11) is 1.54. The maximum absolute atomic E-state index is 12.1. The normalized spacial score (nSPS) is 34.6. The van der Waals surface area contributed by atoms with Crippen molar-refractivity contribution in [3.05, 3.63) is 55.6 Å². The first-order valence-corrected chi connectivity index (χ1v) is 5.52. The summed E-state index contributed by atoms with van der Waals surface area (Å²) in [4.78, 5) is 12.1. The zero-order valence-electron chi connectivity index (χ0n) is 9.88. The van der Waals surface area contributed by atoms with Gasteiger partial charge in [-0.25, -0.2) is 0 Å². The van der Waals surface area contributed by atoms with Gasteiger partial charge in [0.15, 0.2) is 5.78 Å². The molecular formula is C14H15O3. The number of carbonyl (C=O) groups excluding carboxylic acids is 1. The average Bonchev–Trinajstić information content (AvgIpc) is 2.83. The summed E-state index contributed by atoms with van der Waals surface area (Å²) >= 11 is 0. The number of ether oxygens (including phenoxy) is 1. The summed E-state index contributed by atoms with van der Waals surface area (Å²) in [5.74, 6) is 0.456. The molecule has 0 aromatic carbocycles. The highest BCUT2D eigenvalue weighted by Gasteiger charge is 2.50. The molecule has 0 bridgehead atoms. The van der Waals surface area contributed by atoms with Gasteiger partial charge >= 0.3 is 0 Å². The van der Waals surface area contributed by atoms with E-state index in [1.807, 2.05) is 0 Å². The second-order valence-corrected chi connectivity index (χ2v) is 4.16. The van der Waals surface area contributed by atoms with E-state index in [1.165, 1.54) is 13.2 Å². The number of hydrogen-bond donors (Lipinski definition) is 1. The Hall–Kier alpha value is -1.09. The van der Waals surface area contributed by atoms with Crippen LogP contribution in [0.1, 0.15) is 6.92 Å². The molecule has 17 heavy (non-hydrogen) atoms. The van der Waals surface area contributed by atoms with Gasteiger partial charge in [-0.05, 0) is 37.8 Å². The predicted molar refractivity (Wildman–Crippen MR) is 63.8 cm³/mol. The number of allylic oxidation sites excluding steroid dienone is 2. The van der Waals surface area contributed by atoms with Gasteiger partial charge in [0.2, 0.25) is 0 Å². The van der Waals surface area contributed by atoms with Crippen LogP contribution in [-0.2, 0) is 9.53 Å². The second kappa shape index (κ2) is 4.65. The SMILES string of the molecule is COC1=CC=CC(=O)C(O)([C]2[CH][CH][CH][CH]2)C1C. The van der Waals surface area contributed by atoms with E-state index < -0.39 is 11.5 Å². The molecule has 89 valence electrons. The molecule has 1 fully saturated rings. The second-order valence-electron chi connectivity index (χ2n) is 4.16. The molecule has 2 aliphatic carbocycles. The summed E-state index contributed by atoms with van der Waals surface area (Å²) in [5.41, 5.74) is -1.54. The molecule has 2 rings (SSSR count). The van der Waals surface area contributed by atoms with Crippen molar-refractivity contribution < 1.29 is 14.6 Å². The topological polar surface area (TPSA) is 46.5 Å². The lowest BCUT2D eigenvalue weighted by atomic mass is 9.73. The van der Waals surface area contributed by atoms with Crippen LogP contribution in [0.2, 0.25) is 0 Å². The lowest BCUT2D eigenvalue weighted by Gasteiger charge is -2.36. The van der Waals surface area contributed by atoms with Crippen molar-refractivity contribution in [3.63, 3.8) is 0 Å². The van der Waals surface area contributed by atoms with Crippen molar-refractivity contribution in [2.75, 3.05) is 7.11 Å². The molecule has 3 heteroatoms. The number of methoxy groups -OCH3 is 1. The highest BCUT2D eigenvalue weighted by atomic mass is 16.5. The van der Waals surface area contributed by atoms with Crippen LogP contribution in [0.15, 0.2) is 24.0 Å². The number of ketones is 1. The van der Waals surface area contributed by atoms with Crippen molar-refractivity contribution in [3.8, 4) is 0 Å². The minimum Gasteiger partial charge on any atom is -0.501 e. The Morgan fingerprint density at radius 3 is 2.59 bits per heavy atom. The quantitative estimate of drug-likeness (QED) is 0.782. The van der Waals surface area contributed by atoms with Gasteiger partial charge in [-0.2, -0.15) is 0 Å². The third kappa shape index (κ3) is 1.93. The number of hydrogen-bond acceptors (Lipinski definition) is 3. The van der Waals surface area contributed by atoms with Gasteiger partial charge < -0.3 is 9.84 Å². The summed E-state index contributed by atoms with van der Waals surface area (Å²) in [6.45, 7) is 1.78. The van der Waals surface area contributed by atoms with Crippen LogP contribution in [0.25, 0.3) is 0 Å². The van der Waals surface area contributed by atoms with Crippen molar-refractivity contribution in [2.24, 2.45) is 5.92 Å². The van der Waals surface area contributed by atoms with Crippen LogP contribution in [0.4, 0.5) is 0 Å². The minimum atomic E-state index is -1.54. The Labute approximate surface area is 102 Å². The smallest absolute Gasteiger partial charge is 0.188 e. The van der Waals surface area contributed by atoms with Crippen molar-refractivity contribution in [1.82, 2.24) is 0 Å². The molecule has 1 N–H and O–H groups in total. The van der Waals surface area contributed by atoms with Crippen LogP contribution in [0.3, 0.4) is 0 Å². The third-order valence-corrected chi connectivity index (χ3v) is 3.28. The Kier molecular flexibility index (Phi) is 3.38. The molecule has 0 aromatic rings. The Morgan fingerprint density at radius 2 is 2.00 bits per heavy atom. The Bertz CT molecular complexity index is 364. The van der Waals surface area contributed by atoms with Gasteiger partial charge in [-0.1, -0.05) is 13.0 Å². The van der Waals surface area contributed by atoms with Gasteiger partial charge in [0.05, 0.1) is 13.0 Å². The molecule has 0 aliphatic heterocycles. The fraction of sp³-hybridized carbons (Fsp3) is 0.286. The fourth-order valence-corrected chi connectivity index (χ4v) is 2.19. The molecule has 0 aromatic heterocycles. The molecule has 0 amide bonds. The average molecular weight is 231 g/mol. The van der Waals surface area contributed by atoms with E-state index >= 15 is 0 Å². The maximum atomic E-state index is 12.1. The molecule has 0 saturated heterocycles. The van der Waals surface area contributed by atoms with E-state index in [1.54, 1.807) is 44.8 Å². The minimum absolute atomic E-state index is 0.320. The maximum Gasteiger partial charge on any atom is 0.188 e. The van der Waals surface area contributed by atoms with Gasteiger partial charge in [0.1, 0.15) is 11.4 Å². The van der Waals surface area contributed by atoms with Gasteiger partial charge in [-0.15, -0.1) is 0 Å². The van der Waals surface area contributed by atoms with E-state index in [9.17, 15) is 9.90 Å². The third-order valence-electron chi connectivity index (χ3n) is 3.28. The predicted octanol–water partition coefficient (Wildman–Crippen LogP) is 1.43. The standard InChI is InChI=1S/C14H15O3/c1-10-12(17-2)8-5-9-13(15)14(10,16)11-6-3-4-7-11/h3-10,16H,1-2H3. The van der Waals surface area contributed by atoms with Gasteiger partial charge in [0.25, 0.3) is 0 Å². The van der Waals surface area contributed by atoms with E-state index in [0.29, 0.717) is 11.7 Å². The monoisotopic (exact) mass is 231 g/mol. The number of aliphatic hydroxyl groups is 1. The first-order valence-electron chi connectivity index (χ1n) is 5.52. The van der Waals surface area contributed by atoms with Crippen LogP contribution in [0.5, 0.6) is 0 Å². The van der Waals surface area contributed by atoms with Crippen molar-refractivity contribution in [1.29, 1.82) is 0 Å². The highest BCUT2D eigenvalue weighted by molar-refractivity contribution is 6.01. The summed E-state index contributed by atoms with van der Waals surface area (Å²) in [6, 6.07) is 0. The van der Waals surface area contributed by atoms with Crippen LogP contribution in [-0.4, -0.2) is 23.6 Å². The zero-order chi connectivity index (χ0) is 12.5. The molecule has 0 heterocycles.